The van der Waals surface area contributed by atoms with E-state index in [0.717, 1.165) is 44.5 Å². The van der Waals surface area contributed by atoms with Crippen LogP contribution < -0.4 is 10.6 Å². The zero-order valence-electron chi connectivity index (χ0n) is 15.8. The Bertz CT molecular complexity index is 372. The topological polar surface area (TPSA) is 48.9 Å². The minimum atomic E-state index is 0. The number of halogens is 1. The fraction of sp³-hybridized carbons (Fsp3) is 0.944. The van der Waals surface area contributed by atoms with Crippen molar-refractivity contribution in [3.63, 3.8) is 0 Å². The number of aliphatic imine (C=N–C) groups is 1. The van der Waals surface area contributed by atoms with Gasteiger partial charge in [0.1, 0.15) is 0 Å². The summed E-state index contributed by atoms with van der Waals surface area (Å²) in [5, 5.41) is 6.97. The zero-order valence-corrected chi connectivity index (χ0v) is 18.1. The molecule has 1 atom stereocenters. The highest BCUT2D eigenvalue weighted by molar-refractivity contribution is 14.0. The minimum Gasteiger partial charge on any atom is -0.385 e. The molecule has 24 heavy (non-hydrogen) atoms. The highest BCUT2D eigenvalue weighted by Gasteiger charge is 2.33. The predicted octanol–water partition coefficient (Wildman–Crippen LogP) is 2.71. The van der Waals surface area contributed by atoms with Crippen LogP contribution in [0, 0.1) is 11.3 Å². The number of rotatable bonds is 8. The van der Waals surface area contributed by atoms with Gasteiger partial charge in [0.05, 0.1) is 0 Å². The molecular formula is C18H37IN4O. The summed E-state index contributed by atoms with van der Waals surface area (Å²) in [5.41, 5.74) is 0.367. The number of hydrogen-bond acceptors (Lipinski definition) is 3. The van der Waals surface area contributed by atoms with E-state index in [9.17, 15) is 0 Å². The van der Waals surface area contributed by atoms with Gasteiger partial charge in [-0.3, -0.25) is 4.99 Å². The lowest BCUT2D eigenvalue weighted by Crippen LogP contribution is -2.41. The SMILES string of the molecule is CCNC(=NCC1(CCOC)CCCC1)NCC1CCN(C)C1.I. The average Bonchev–Trinajstić information content (AvgIpc) is 3.18. The van der Waals surface area contributed by atoms with Gasteiger partial charge in [-0.25, -0.2) is 0 Å². The maximum absolute atomic E-state index is 5.32. The van der Waals surface area contributed by atoms with Crippen LogP contribution in [0.2, 0.25) is 0 Å². The molecule has 1 aliphatic heterocycles. The number of guanidine groups is 1. The van der Waals surface area contributed by atoms with Crippen molar-refractivity contribution in [3.8, 4) is 0 Å². The van der Waals surface area contributed by atoms with E-state index in [2.05, 4.69) is 29.5 Å². The molecule has 0 spiro atoms. The Morgan fingerprint density at radius 3 is 2.62 bits per heavy atom. The van der Waals surface area contributed by atoms with Crippen molar-refractivity contribution in [2.45, 2.75) is 45.4 Å². The summed E-state index contributed by atoms with van der Waals surface area (Å²) in [6, 6.07) is 0. The fourth-order valence-corrected chi connectivity index (χ4v) is 3.95. The highest BCUT2D eigenvalue weighted by atomic mass is 127. The fourth-order valence-electron chi connectivity index (χ4n) is 3.95. The van der Waals surface area contributed by atoms with Crippen LogP contribution in [-0.4, -0.2) is 64.3 Å². The average molecular weight is 452 g/mol. The lowest BCUT2D eigenvalue weighted by molar-refractivity contribution is 0.141. The van der Waals surface area contributed by atoms with Crippen LogP contribution in [-0.2, 0) is 4.74 Å². The molecule has 2 rings (SSSR count). The smallest absolute Gasteiger partial charge is 0.191 e. The molecular weight excluding hydrogens is 415 g/mol. The first-order chi connectivity index (χ1) is 11.2. The number of nitrogens with one attached hydrogen (secondary N) is 2. The van der Waals surface area contributed by atoms with Crippen LogP contribution in [0.25, 0.3) is 0 Å². The lowest BCUT2D eigenvalue weighted by atomic mass is 9.83. The molecule has 142 valence electrons. The number of hydrogen-bond donors (Lipinski definition) is 2. The van der Waals surface area contributed by atoms with E-state index in [-0.39, 0.29) is 24.0 Å². The Labute approximate surface area is 165 Å². The van der Waals surface area contributed by atoms with E-state index in [1.54, 1.807) is 7.11 Å². The van der Waals surface area contributed by atoms with Gasteiger partial charge in [0.25, 0.3) is 0 Å². The largest absolute Gasteiger partial charge is 0.385 e. The first-order valence-corrected chi connectivity index (χ1v) is 9.37. The summed E-state index contributed by atoms with van der Waals surface area (Å²) in [6.45, 7) is 8.29. The number of ether oxygens (including phenoxy) is 1. The van der Waals surface area contributed by atoms with Gasteiger partial charge >= 0.3 is 0 Å². The van der Waals surface area contributed by atoms with Gasteiger partial charge in [0.2, 0.25) is 0 Å². The summed E-state index contributed by atoms with van der Waals surface area (Å²) in [4.78, 5) is 7.34. The third kappa shape index (κ3) is 7.04. The molecule has 1 unspecified atom stereocenters. The summed E-state index contributed by atoms with van der Waals surface area (Å²) in [6.07, 6.45) is 7.72. The molecule has 0 amide bonds. The van der Waals surface area contributed by atoms with Gasteiger partial charge < -0.3 is 20.3 Å². The monoisotopic (exact) mass is 452 g/mol. The van der Waals surface area contributed by atoms with Gasteiger partial charge in [0.15, 0.2) is 5.96 Å². The van der Waals surface area contributed by atoms with Crippen LogP contribution in [0.5, 0.6) is 0 Å². The van der Waals surface area contributed by atoms with Crippen molar-refractivity contribution in [3.05, 3.63) is 0 Å². The van der Waals surface area contributed by atoms with Crippen molar-refractivity contribution < 1.29 is 4.74 Å². The Morgan fingerprint density at radius 1 is 1.29 bits per heavy atom. The van der Waals surface area contributed by atoms with E-state index in [4.69, 9.17) is 9.73 Å². The second-order valence-electron chi connectivity index (χ2n) is 7.44. The number of nitrogens with zero attached hydrogens (tertiary/aromatic N) is 2. The Kier molecular flexibility index (Phi) is 10.5. The van der Waals surface area contributed by atoms with Crippen molar-refractivity contribution in [2.75, 3.05) is 53.5 Å². The third-order valence-electron chi connectivity index (χ3n) is 5.46. The molecule has 2 aliphatic rings. The first kappa shape index (κ1) is 22.0. The molecule has 1 saturated carbocycles. The molecule has 0 aromatic rings. The maximum atomic E-state index is 5.32. The van der Waals surface area contributed by atoms with Crippen LogP contribution in [0.4, 0.5) is 0 Å². The van der Waals surface area contributed by atoms with E-state index in [0.29, 0.717) is 5.41 Å². The Hall–Kier alpha value is -0.0800. The Morgan fingerprint density at radius 2 is 2.04 bits per heavy atom. The predicted molar refractivity (Wildman–Crippen MR) is 112 cm³/mol. The molecule has 0 bridgehead atoms. The number of likely N-dealkylation sites (tertiary alicyclic amines) is 1. The van der Waals surface area contributed by atoms with Gasteiger partial charge in [-0.15, -0.1) is 24.0 Å². The van der Waals surface area contributed by atoms with E-state index in [1.807, 2.05) is 0 Å². The van der Waals surface area contributed by atoms with E-state index < -0.39 is 0 Å². The normalized spacial score (nSPS) is 24.0. The maximum Gasteiger partial charge on any atom is 0.191 e. The van der Waals surface area contributed by atoms with Crippen molar-refractivity contribution in [2.24, 2.45) is 16.3 Å². The van der Waals surface area contributed by atoms with Crippen molar-refractivity contribution >= 4 is 29.9 Å². The quantitative estimate of drug-likeness (QED) is 0.338. The molecule has 6 heteroatoms. The van der Waals surface area contributed by atoms with E-state index in [1.165, 1.54) is 45.2 Å². The lowest BCUT2D eigenvalue weighted by Gasteiger charge is -2.27. The van der Waals surface area contributed by atoms with Gasteiger partial charge in [0, 0.05) is 39.9 Å². The molecule has 1 aliphatic carbocycles. The number of methoxy groups -OCH3 is 1. The third-order valence-corrected chi connectivity index (χ3v) is 5.46. The second-order valence-corrected chi connectivity index (χ2v) is 7.44. The first-order valence-electron chi connectivity index (χ1n) is 9.37. The van der Waals surface area contributed by atoms with Crippen LogP contribution in [0.15, 0.2) is 4.99 Å². The summed E-state index contributed by atoms with van der Waals surface area (Å²) < 4.78 is 5.32. The zero-order chi connectivity index (χ0) is 16.5. The minimum absolute atomic E-state index is 0. The van der Waals surface area contributed by atoms with E-state index >= 15 is 0 Å². The molecule has 5 nitrogen and oxygen atoms in total. The summed E-state index contributed by atoms with van der Waals surface area (Å²) in [7, 11) is 4.01. The highest BCUT2D eigenvalue weighted by Crippen LogP contribution is 2.41. The molecule has 1 heterocycles. The van der Waals surface area contributed by atoms with Crippen molar-refractivity contribution in [1.29, 1.82) is 0 Å². The van der Waals surface area contributed by atoms with Gasteiger partial charge in [-0.1, -0.05) is 12.8 Å². The molecule has 2 fully saturated rings. The standard InChI is InChI=1S/C18H36N4O.HI/c1-4-19-17(20-13-16-7-11-22(2)14-16)21-15-18(10-12-23-3)8-5-6-9-18;/h16H,4-15H2,1-3H3,(H2,19,20,21);1H. The summed E-state index contributed by atoms with van der Waals surface area (Å²) >= 11 is 0. The van der Waals surface area contributed by atoms with Crippen LogP contribution in [0.3, 0.4) is 0 Å². The van der Waals surface area contributed by atoms with Crippen LogP contribution >= 0.6 is 24.0 Å². The Balaban J connectivity index is 0.00000288. The van der Waals surface area contributed by atoms with Gasteiger partial charge in [-0.05, 0) is 57.5 Å². The molecule has 0 aromatic heterocycles. The van der Waals surface area contributed by atoms with Gasteiger partial charge in [-0.2, -0.15) is 0 Å². The second kappa shape index (κ2) is 11.5. The summed E-state index contributed by atoms with van der Waals surface area (Å²) in [5.74, 6) is 1.74. The molecule has 1 saturated heterocycles. The molecule has 0 radical (unpaired) electrons. The van der Waals surface area contributed by atoms with Crippen LogP contribution in [0.1, 0.15) is 45.4 Å². The van der Waals surface area contributed by atoms with Crippen molar-refractivity contribution in [1.82, 2.24) is 15.5 Å². The molecule has 0 aromatic carbocycles. The molecule has 2 N–H and O–H groups in total.